The van der Waals surface area contributed by atoms with Crippen LogP contribution < -0.4 is 5.73 Å². The smallest absolute Gasteiger partial charge is 0.197 e. The number of rotatable bonds is 2. The molecule has 0 saturated carbocycles. The summed E-state index contributed by atoms with van der Waals surface area (Å²) in [6.45, 7) is 6.36. The van der Waals surface area contributed by atoms with Crippen molar-refractivity contribution in [1.29, 1.82) is 0 Å². The van der Waals surface area contributed by atoms with E-state index in [0.717, 1.165) is 15.6 Å². The molecule has 0 spiro atoms. The van der Waals surface area contributed by atoms with Gasteiger partial charge in [-0.25, -0.2) is 4.98 Å². The third-order valence-electron chi connectivity index (χ3n) is 2.92. The lowest BCUT2D eigenvalue weighted by molar-refractivity contribution is 0.302. The van der Waals surface area contributed by atoms with Crippen LogP contribution in [-0.2, 0) is 6.42 Å². The van der Waals surface area contributed by atoms with E-state index in [2.05, 4.69) is 41.7 Å². The number of aromatic nitrogens is 1. The first kappa shape index (κ1) is 12.6. The summed E-state index contributed by atoms with van der Waals surface area (Å²) in [7, 11) is 0. The summed E-state index contributed by atoms with van der Waals surface area (Å²) < 4.78 is 6.66. The molecule has 2 N–H and O–H groups in total. The van der Waals surface area contributed by atoms with E-state index >= 15 is 0 Å². The van der Waals surface area contributed by atoms with Crippen LogP contribution in [0.25, 0.3) is 11.1 Å². The van der Waals surface area contributed by atoms with E-state index in [-0.39, 0.29) is 11.5 Å². The van der Waals surface area contributed by atoms with Crippen molar-refractivity contribution in [2.75, 3.05) is 0 Å². The fraction of sp³-hybridized carbons (Fsp3) is 0.462. The second kappa shape index (κ2) is 4.42. The number of hydrogen-bond donors (Lipinski definition) is 1. The predicted molar refractivity (Wildman–Crippen MR) is 72.8 cm³/mol. The largest absolute Gasteiger partial charge is 0.439 e. The summed E-state index contributed by atoms with van der Waals surface area (Å²) in [5, 5.41) is 0. The molecule has 1 atom stereocenters. The first-order valence-corrected chi connectivity index (χ1v) is 6.47. The Hall–Kier alpha value is -0.870. The zero-order valence-electron chi connectivity index (χ0n) is 10.3. The number of para-hydroxylation sites is 1. The maximum absolute atomic E-state index is 6.13. The zero-order chi connectivity index (χ0) is 12.6. The van der Waals surface area contributed by atoms with Gasteiger partial charge in [0, 0.05) is 12.5 Å². The highest BCUT2D eigenvalue weighted by atomic mass is 79.9. The average Bonchev–Trinajstić information content (AvgIpc) is 2.60. The number of hydrogen-bond acceptors (Lipinski definition) is 3. The van der Waals surface area contributed by atoms with E-state index < -0.39 is 0 Å². The molecule has 0 bridgehead atoms. The topological polar surface area (TPSA) is 52.0 Å². The molecule has 1 aromatic heterocycles. The minimum atomic E-state index is 0.0364. The minimum Gasteiger partial charge on any atom is -0.439 e. The summed E-state index contributed by atoms with van der Waals surface area (Å²) in [5.74, 6) is 0.703. The molecule has 0 fully saturated rings. The molecule has 92 valence electrons. The van der Waals surface area contributed by atoms with E-state index in [1.807, 2.05) is 18.2 Å². The van der Waals surface area contributed by atoms with Crippen LogP contribution in [0.15, 0.2) is 27.1 Å². The first-order chi connectivity index (χ1) is 7.88. The fourth-order valence-corrected chi connectivity index (χ4v) is 1.98. The molecular weight excluding hydrogens is 280 g/mol. The van der Waals surface area contributed by atoms with Gasteiger partial charge in [0.2, 0.25) is 0 Å². The highest BCUT2D eigenvalue weighted by Crippen LogP contribution is 2.26. The Morgan fingerprint density at radius 1 is 1.41 bits per heavy atom. The Bertz CT molecular complexity index is 528. The maximum atomic E-state index is 6.13. The Morgan fingerprint density at radius 3 is 2.71 bits per heavy atom. The Labute approximate surface area is 110 Å². The molecule has 0 aliphatic carbocycles. The molecule has 3 nitrogen and oxygen atoms in total. The van der Waals surface area contributed by atoms with Gasteiger partial charge in [0.1, 0.15) is 5.52 Å². The molecule has 1 aromatic carbocycles. The maximum Gasteiger partial charge on any atom is 0.197 e. The van der Waals surface area contributed by atoms with Crippen molar-refractivity contribution >= 4 is 27.0 Å². The van der Waals surface area contributed by atoms with Gasteiger partial charge in [-0.2, -0.15) is 0 Å². The molecule has 0 aliphatic heterocycles. The Balaban J connectivity index is 2.29. The average molecular weight is 297 g/mol. The van der Waals surface area contributed by atoms with Crippen LogP contribution in [-0.4, -0.2) is 11.0 Å². The normalized spacial score (nSPS) is 14.2. The summed E-state index contributed by atoms with van der Waals surface area (Å²) >= 11 is 3.45. The summed E-state index contributed by atoms with van der Waals surface area (Å²) in [4.78, 5) is 4.45. The monoisotopic (exact) mass is 296 g/mol. The van der Waals surface area contributed by atoms with Gasteiger partial charge in [-0.1, -0.05) is 26.8 Å². The summed E-state index contributed by atoms with van der Waals surface area (Å²) in [6.07, 6.45) is 0.657. The molecule has 4 heteroatoms. The third kappa shape index (κ3) is 2.69. The van der Waals surface area contributed by atoms with Crippen LogP contribution in [0.1, 0.15) is 26.7 Å². The molecular formula is C13H17BrN2O. The van der Waals surface area contributed by atoms with Crippen LogP contribution in [0.2, 0.25) is 0 Å². The van der Waals surface area contributed by atoms with Crippen molar-refractivity contribution in [1.82, 2.24) is 4.98 Å². The van der Waals surface area contributed by atoms with E-state index in [1.165, 1.54) is 0 Å². The van der Waals surface area contributed by atoms with E-state index in [4.69, 9.17) is 10.2 Å². The summed E-state index contributed by atoms with van der Waals surface area (Å²) in [6, 6.07) is 5.87. The van der Waals surface area contributed by atoms with Gasteiger partial charge < -0.3 is 10.2 Å². The molecule has 0 radical (unpaired) electrons. The predicted octanol–water partition coefficient (Wildman–Crippen LogP) is 3.51. The minimum absolute atomic E-state index is 0.0364. The van der Waals surface area contributed by atoms with Gasteiger partial charge >= 0.3 is 0 Å². The van der Waals surface area contributed by atoms with E-state index in [0.29, 0.717) is 12.3 Å². The third-order valence-corrected chi connectivity index (χ3v) is 3.54. The molecule has 0 amide bonds. The van der Waals surface area contributed by atoms with Gasteiger partial charge in [-0.3, -0.25) is 0 Å². The van der Waals surface area contributed by atoms with Crippen molar-refractivity contribution in [3.63, 3.8) is 0 Å². The first-order valence-electron chi connectivity index (χ1n) is 5.67. The summed E-state index contributed by atoms with van der Waals surface area (Å²) in [5.41, 5.74) is 7.85. The van der Waals surface area contributed by atoms with Gasteiger partial charge in [-0.15, -0.1) is 0 Å². The highest BCUT2D eigenvalue weighted by Gasteiger charge is 2.23. The number of halogens is 1. The lowest BCUT2D eigenvalue weighted by atomic mass is 9.85. The van der Waals surface area contributed by atoms with Crippen molar-refractivity contribution < 1.29 is 4.42 Å². The van der Waals surface area contributed by atoms with Gasteiger partial charge in [0.25, 0.3) is 0 Å². The molecule has 0 aliphatic rings. The van der Waals surface area contributed by atoms with E-state index in [1.54, 1.807) is 0 Å². The lowest BCUT2D eigenvalue weighted by Gasteiger charge is -2.25. The van der Waals surface area contributed by atoms with Gasteiger partial charge in [-0.05, 0) is 33.5 Å². The number of fused-ring (bicyclic) bond motifs is 1. The van der Waals surface area contributed by atoms with Crippen LogP contribution in [0.4, 0.5) is 0 Å². The molecule has 2 aromatic rings. The number of oxazole rings is 1. The molecule has 1 heterocycles. The van der Waals surface area contributed by atoms with Crippen LogP contribution in [0.5, 0.6) is 0 Å². The number of nitrogens with two attached hydrogens (primary N) is 1. The standard InChI is InChI=1S/C13H17BrN2O/c1-13(2,3)10(15)7-11-16-9-6-4-5-8(14)12(9)17-11/h4-6,10H,7,15H2,1-3H3. The fourth-order valence-electron chi connectivity index (χ4n) is 1.54. The second-order valence-electron chi connectivity index (χ2n) is 5.37. The van der Waals surface area contributed by atoms with Crippen molar-refractivity contribution in [2.24, 2.45) is 11.1 Å². The van der Waals surface area contributed by atoms with Crippen molar-refractivity contribution in [3.05, 3.63) is 28.6 Å². The van der Waals surface area contributed by atoms with Crippen LogP contribution >= 0.6 is 15.9 Å². The van der Waals surface area contributed by atoms with Crippen molar-refractivity contribution in [3.8, 4) is 0 Å². The number of nitrogens with zero attached hydrogens (tertiary/aromatic N) is 1. The van der Waals surface area contributed by atoms with E-state index in [9.17, 15) is 0 Å². The molecule has 2 rings (SSSR count). The van der Waals surface area contributed by atoms with Gasteiger partial charge in [0.05, 0.1) is 4.47 Å². The quantitative estimate of drug-likeness (QED) is 0.923. The molecule has 0 saturated heterocycles. The molecule has 1 unspecified atom stereocenters. The van der Waals surface area contributed by atoms with Crippen LogP contribution in [0, 0.1) is 5.41 Å². The Kier molecular flexibility index (Phi) is 3.27. The number of benzene rings is 1. The highest BCUT2D eigenvalue weighted by molar-refractivity contribution is 9.10. The van der Waals surface area contributed by atoms with Gasteiger partial charge in [0.15, 0.2) is 11.5 Å². The SMILES string of the molecule is CC(C)(C)C(N)Cc1nc2cccc(Br)c2o1. The van der Waals surface area contributed by atoms with Crippen LogP contribution in [0.3, 0.4) is 0 Å². The van der Waals surface area contributed by atoms with Crippen molar-refractivity contribution in [2.45, 2.75) is 33.2 Å². The Morgan fingerprint density at radius 2 is 2.12 bits per heavy atom. The molecule has 17 heavy (non-hydrogen) atoms. The lowest BCUT2D eigenvalue weighted by Crippen LogP contribution is -2.36. The zero-order valence-corrected chi connectivity index (χ0v) is 11.9. The second-order valence-corrected chi connectivity index (χ2v) is 6.23.